The third-order valence-electron chi connectivity index (χ3n) is 1.67. The van der Waals surface area contributed by atoms with Gasteiger partial charge in [-0.2, -0.15) is 18.4 Å². The van der Waals surface area contributed by atoms with E-state index in [1.54, 1.807) is 6.07 Å². The number of benzene rings is 1. The Bertz CT molecular complexity index is 485. The number of nitrogens with one attached hydrogen (secondary N) is 1. The number of hydrogen-bond acceptors (Lipinski definition) is 2. The molecule has 1 aromatic rings. The van der Waals surface area contributed by atoms with Crippen molar-refractivity contribution in [2.75, 3.05) is 5.32 Å². The molecule has 17 heavy (non-hydrogen) atoms. The van der Waals surface area contributed by atoms with Crippen LogP contribution in [0, 0.1) is 11.3 Å². The van der Waals surface area contributed by atoms with Gasteiger partial charge in [-0.1, -0.05) is 23.2 Å². The molecule has 0 bridgehead atoms. The summed E-state index contributed by atoms with van der Waals surface area (Å²) in [4.78, 5) is 10.7. The molecule has 0 aliphatic carbocycles. The van der Waals surface area contributed by atoms with Gasteiger partial charge >= 0.3 is 12.1 Å². The maximum atomic E-state index is 12.0. The summed E-state index contributed by atoms with van der Waals surface area (Å²) in [6, 6.07) is 3.91. The van der Waals surface area contributed by atoms with E-state index in [-0.39, 0.29) is 21.3 Å². The molecule has 0 saturated heterocycles. The van der Waals surface area contributed by atoms with E-state index in [0.29, 0.717) is 0 Å². The minimum atomic E-state index is -5.04. The average molecular weight is 283 g/mol. The van der Waals surface area contributed by atoms with Crippen molar-refractivity contribution >= 4 is 34.8 Å². The molecule has 90 valence electrons. The molecule has 0 spiro atoms. The van der Waals surface area contributed by atoms with Crippen LogP contribution in [0.1, 0.15) is 5.56 Å². The van der Waals surface area contributed by atoms with Crippen LogP contribution in [0.25, 0.3) is 0 Å². The lowest BCUT2D eigenvalue weighted by Gasteiger charge is -2.11. The Morgan fingerprint density at radius 3 is 2.12 bits per heavy atom. The van der Waals surface area contributed by atoms with E-state index in [2.05, 4.69) is 0 Å². The van der Waals surface area contributed by atoms with Gasteiger partial charge in [0.2, 0.25) is 0 Å². The fraction of sp³-hybridized carbons (Fsp3) is 0.111. The number of halogens is 5. The van der Waals surface area contributed by atoms with Gasteiger partial charge < -0.3 is 5.32 Å². The normalized spacial score (nSPS) is 10.8. The Kier molecular flexibility index (Phi) is 3.86. The number of anilines is 1. The summed E-state index contributed by atoms with van der Waals surface area (Å²) in [6.45, 7) is 0. The molecule has 1 aromatic carbocycles. The zero-order valence-corrected chi connectivity index (χ0v) is 9.41. The van der Waals surface area contributed by atoms with Gasteiger partial charge in [-0.3, -0.25) is 4.79 Å². The Labute approximate surface area is 104 Å². The average Bonchev–Trinajstić information content (AvgIpc) is 2.21. The number of carbonyl (C=O) groups excluding carboxylic acids is 1. The van der Waals surface area contributed by atoms with Crippen molar-refractivity contribution in [1.82, 2.24) is 0 Å². The molecular weight excluding hydrogens is 280 g/mol. The zero-order valence-electron chi connectivity index (χ0n) is 7.90. The molecule has 1 amide bonds. The van der Waals surface area contributed by atoms with Crippen molar-refractivity contribution in [2.45, 2.75) is 6.18 Å². The molecule has 0 unspecified atom stereocenters. The number of hydrogen-bond donors (Lipinski definition) is 1. The number of nitriles is 1. The highest BCUT2D eigenvalue weighted by Gasteiger charge is 2.39. The van der Waals surface area contributed by atoms with E-state index in [0.717, 1.165) is 12.1 Å². The number of nitrogens with zero attached hydrogens (tertiary/aromatic N) is 1. The Hall–Kier alpha value is -1.45. The van der Waals surface area contributed by atoms with Crippen LogP contribution in [0.2, 0.25) is 10.0 Å². The van der Waals surface area contributed by atoms with Crippen LogP contribution in [-0.4, -0.2) is 12.1 Å². The lowest BCUT2D eigenvalue weighted by Crippen LogP contribution is -2.30. The summed E-state index contributed by atoms with van der Waals surface area (Å²) >= 11 is 11.2. The monoisotopic (exact) mass is 282 g/mol. The van der Waals surface area contributed by atoms with Gasteiger partial charge in [-0.25, -0.2) is 0 Å². The lowest BCUT2D eigenvalue weighted by molar-refractivity contribution is -0.167. The molecule has 0 aromatic heterocycles. The van der Waals surface area contributed by atoms with Crippen LogP contribution in [0.4, 0.5) is 18.9 Å². The smallest absolute Gasteiger partial charge is 0.316 e. The zero-order chi connectivity index (χ0) is 13.2. The van der Waals surface area contributed by atoms with Crippen molar-refractivity contribution in [1.29, 1.82) is 5.26 Å². The summed E-state index contributed by atoms with van der Waals surface area (Å²) in [6.07, 6.45) is -5.04. The summed E-state index contributed by atoms with van der Waals surface area (Å²) in [5.41, 5.74) is -0.306. The first-order valence-electron chi connectivity index (χ1n) is 4.03. The number of carbonyl (C=O) groups is 1. The molecule has 0 fully saturated rings. The first-order valence-corrected chi connectivity index (χ1v) is 4.78. The van der Waals surface area contributed by atoms with E-state index in [9.17, 15) is 18.0 Å². The van der Waals surface area contributed by atoms with Gasteiger partial charge in [0.25, 0.3) is 0 Å². The fourth-order valence-electron chi connectivity index (χ4n) is 0.941. The van der Waals surface area contributed by atoms with Crippen LogP contribution in [0.15, 0.2) is 12.1 Å². The lowest BCUT2D eigenvalue weighted by atomic mass is 10.2. The molecule has 1 N–H and O–H groups in total. The van der Waals surface area contributed by atoms with Gasteiger partial charge in [0, 0.05) is 0 Å². The Balaban J connectivity index is 3.10. The van der Waals surface area contributed by atoms with E-state index >= 15 is 0 Å². The van der Waals surface area contributed by atoms with Crippen molar-refractivity contribution in [3.05, 3.63) is 27.7 Å². The molecule has 0 aliphatic rings. The molecule has 3 nitrogen and oxygen atoms in total. The van der Waals surface area contributed by atoms with Crippen molar-refractivity contribution in [3.63, 3.8) is 0 Å². The standard InChI is InChI=1S/C9H3Cl2F3N2O/c10-5-1-4(3-15)2-6(11)7(5)16-8(17)9(12,13)14/h1-2H,(H,16,17). The van der Waals surface area contributed by atoms with Crippen LogP contribution in [0.5, 0.6) is 0 Å². The molecule has 8 heteroatoms. The van der Waals surface area contributed by atoms with Crippen LogP contribution >= 0.6 is 23.2 Å². The highest BCUT2D eigenvalue weighted by atomic mass is 35.5. The van der Waals surface area contributed by atoms with Crippen LogP contribution < -0.4 is 5.32 Å². The van der Waals surface area contributed by atoms with Gasteiger partial charge in [-0.15, -0.1) is 0 Å². The maximum Gasteiger partial charge on any atom is 0.471 e. The topological polar surface area (TPSA) is 52.9 Å². The Morgan fingerprint density at radius 1 is 1.29 bits per heavy atom. The van der Waals surface area contributed by atoms with Gasteiger partial charge in [0.15, 0.2) is 0 Å². The molecule has 0 atom stereocenters. The van der Waals surface area contributed by atoms with E-state index in [1.165, 1.54) is 5.32 Å². The maximum absolute atomic E-state index is 12.0. The van der Waals surface area contributed by atoms with E-state index in [4.69, 9.17) is 28.5 Å². The molecule has 0 heterocycles. The van der Waals surface area contributed by atoms with E-state index < -0.39 is 12.1 Å². The number of rotatable bonds is 1. The predicted molar refractivity (Wildman–Crippen MR) is 55.9 cm³/mol. The Morgan fingerprint density at radius 2 is 1.76 bits per heavy atom. The summed E-state index contributed by atoms with van der Waals surface area (Å²) < 4.78 is 36.0. The quantitative estimate of drug-likeness (QED) is 0.859. The van der Waals surface area contributed by atoms with Crippen molar-refractivity contribution in [2.24, 2.45) is 0 Å². The predicted octanol–water partition coefficient (Wildman–Crippen LogP) is 3.37. The first-order chi connectivity index (χ1) is 7.75. The highest BCUT2D eigenvalue weighted by Crippen LogP contribution is 2.32. The summed E-state index contributed by atoms with van der Waals surface area (Å²) in [5, 5.41) is 9.60. The second-order valence-corrected chi connectivity index (χ2v) is 3.69. The number of amides is 1. The SMILES string of the molecule is N#Cc1cc(Cl)c(NC(=O)C(F)(F)F)c(Cl)c1. The molecular formula is C9H3Cl2F3N2O. The van der Waals surface area contributed by atoms with Crippen molar-refractivity contribution in [3.8, 4) is 6.07 Å². The molecule has 0 radical (unpaired) electrons. The fourth-order valence-corrected chi connectivity index (χ4v) is 1.52. The van der Waals surface area contributed by atoms with Crippen molar-refractivity contribution < 1.29 is 18.0 Å². The second kappa shape index (κ2) is 4.82. The first kappa shape index (κ1) is 13.6. The largest absolute Gasteiger partial charge is 0.471 e. The van der Waals surface area contributed by atoms with Gasteiger partial charge in [-0.05, 0) is 12.1 Å². The summed E-state index contributed by atoms with van der Waals surface area (Å²) in [7, 11) is 0. The van der Waals surface area contributed by atoms with Gasteiger partial charge in [0.05, 0.1) is 27.4 Å². The molecule has 0 aliphatic heterocycles. The minimum absolute atomic E-state index is 0.0741. The number of alkyl halides is 3. The molecule has 0 saturated carbocycles. The molecule has 1 rings (SSSR count). The second-order valence-electron chi connectivity index (χ2n) is 2.88. The summed E-state index contributed by atoms with van der Waals surface area (Å²) in [5.74, 6) is -2.19. The third kappa shape index (κ3) is 3.25. The van der Waals surface area contributed by atoms with Crippen LogP contribution in [0.3, 0.4) is 0 Å². The van der Waals surface area contributed by atoms with Gasteiger partial charge in [0.1, 0.15) is 0 Å². The third-order valence-corrected chi connectivity index (χ3v) is 2.26. The highest BCUT2D eigenvalue weighted by molar-refractivity contribution is 6.40. The van der Waals surface area contributed by atoms with Crippen LogP contribution in [-0.2, 0) is 4.79 Å². The van der Waals surface area contributed by atoms with E-state index in [1.807, 2.05) is 0 Å². The minimum Gasteiger partial charge on any atom is -0.316 e.